The molecule has 0 amide bonds. The predicted octanol–water partition coefficient (Wildman–Crippen LogP) is 12.9. The van der Waals surface area contributed by atoms with Crippen LogP contribution in [0.3, 0.4) is 0 Å². The molecule has 0 aliphatic heterocycles. The van der Waals surface area contributed by atoms with Crippen molar-refractivity contribution in [3.63, 3.8) is 0 Å². The van der Waals surface area contributed by atoms with E-state index in [1.165, 1.54) is 16.7 Å². The van der Waals surface area contributed by atoms with Crippen molar-refractivity contribution >= 4 is 21.8 Å². The minimum Gasteiger partial charge on any atom is -0.509 e. The molecule has 1 aliphatic rings. The Labute approximate surface area is 340 Å². The summed E-state index contributed by atoms with van der Waals surface area (Å²) in [5.41, 5.74) is 11.4. The van der Waals surface area contributed by atoms with Gasteiger partial charge in [-0.3, -0.25) is 4.68 Å². The van der Waals surface area contributed by atoms with E-state index in [0.717, 1.165) is 81.5 Å². The third kappa shape index (κ3) is 7.49. The van der Waals surface area contributed by atoms with Crippen molar-refractivity contribution in [2.45, 2.75) is 86.0 Å². The van der Waals surface area contributed by atoms with Crippen molar-refractivity contribution in [3.8, 4) is 34.3 Å². The van der Waals surface area contributed by atoms with E-state index in [0.29, 0.717) is 29.3 Å². The Hall–Kier alpha value is -4.73. The summed E-state index contributed by atoms with van der Waals surface area (Å²) in [5.74, 6) is 3.80. The van der Waals surface area contributed by atoms with Crippen LogP contribution in [-0.2, 0) is 27.5 Å². The zero-order valence-corrected chi connectivity index (χ0v) is 35.2. The Balaban J connectivity index is 0.00000465. The minimum absolute atomic E-state index is 0. The van der Waals surface area contributed by atoms with Gasteiger partial charge in [-0.2, -0.15) is 11.2 Å². The van der Waals surface area contributed by atoms with Gasteiger partial charge >= 0.3 is 21.1 Å². The molecule has 0 saturated carbocycles. The van der Waals surface area contributed by atoms with Crippen molar-refractivity contribution < 1.29 is 25.8 Å². The van der Waals surface area contributed by atoms with Crippen LogP contribution >= 0.6 is 0 Å². The number of ether oxygens (including phenoxy) is 1. The molecule has 0 spiro atoms. The van der Waals surface area contributed by atoms with Crippen LogP contribution in [0.4, 0.5) is 0 Å². The molecule has 3 atom stereocenters. The Morgan fingerprint density at radius 1 is 0.873 bits per heavy atom. The Bertz CT molecular complexity index is 2490. The smallest absolute Gasteiger partial charge is 0.509 e. The molecule has 3 heterocycles. The first-order chi connectivity index (χ1) is 26.2. The van der Waals surface area contributed by atoms with Gasteiger partial charge in [0.1, 0.15) is 5.82 Å². The molecule has 282 valence electrons. The summed E-state index contributed by atoms with van der Waals surface area (Å²) in [6.07, 6.45) is 8.88. The molecule has 6 heteroatoms. The first kappa shape index (κ1) is 38.5. The SMILES string of the molecule is CCCCc1ccnc(-n2c3[c-]c(Oc4[c-]c(-n5nc(C)c(C6C(C)=C[C@H](C)C[C@@H]6C)c5-c5ccccc5)cc(C(C)C)c4)ccc3c3ccccc32)c1.[Pt+2]. The molecule has 0 radical (unpaired) electrons. The Morgan fingerprint density at radius 3 is 2.42 bits per heavy atom. The van der Waals surface area contributed by atoms with E-state index in [2.05, 4.69) is 161 Å². The van der Waals surface area contributed by atoms with Crippen LogP contribution in [0.2, 0.25) is 0 Å². The maximum atomic E-state index is 6.75. The van der Waals surface area contributed by atoms with Crippen LogP contribution in [-0.4, -0.2) is 19.3 Å². The molecule has 0 fully saturated rings. The maximum Gasteiger partial charge on any atom is 2.00 e. The fraction of sp³-hybridized carbons (Fsp3) is 0.306. The molecule has 7 aromatic rings. The quantitative estimate of drug-likeness (QED) is 0.101. The van der Waals surface area contributed by atoms with E-state index in [-0.39, 0.29) is 27.0 Å². The molecular formula is C49H50N4OPt. The second-order valence-electron chi connectivity index (χ2n) is 15.7. The second-order valence-corrected chi connectivity index (χ2v) is 15.7. The minimum atomic E-state index is 0. The van der Waals surface area contributed by atoms with Gasteiger partial charge in [0.25, 0.3) is 0 Å². The van der Waals surface area contributed by atoms with Crippen molar-refractivity contribution in [2.75, 3.05) is 0 Å². The number of allylic oxidation sites excluding steroid dienone is 2. The van der Waals surface area contributed by atoms with Crippen molar-refractivity contribution in [3.05, 3.63) is 143 Å². The number of aromatic nitrogens is 4. The molecule has 3 aromatic heterocycles. The van der Waals surface area contributed by atoms with Crippen molar-refractivity contribution in [1.29, 1.82) is 0 Å². The number of rotatable bonds is 10. The summed E-state index contributed by atoms with van der Waals surface area (Å²) in [7, 11) is 0. The average molecular weight is 906 g/mol. The zero-order valence-electron chi connectivity index (χ0n) is 33.0. The third-order valence-electron chi connectivity index (χ3n) is 11.2. The van der Waals surface area contributed by atoms with Gasteiger partial charge in [-0.1, -0.05) is 107 Å². The summed E-state index contributed by atoms with van der Waals surface area (Å²) < 4.78 is 11.1. The Kier molecular flexibility index (Phi) is 11.3. The first-order valence-electron chi connectivity index (χ1n) is 19.7. The maximum absolute atomic E-state index is 6.75. The fourth-order valence-corrected chi connectivity index (χ4v) is 8.72. The molecule has 8 rings (SSSR count). The van der Waals surface area contributed by atoms with Gasteiger partial charge in [-0.15, -0.1) is 41.3 Å². The molecule has 0 saturated heterocycles. The van der Waals surface area contributed by atoms with Gasteiger partial charge in [-0.25, -0.2) is 4.98 Å². The molecule has 5 nitrogen and oxygen atoms in total. The average Bonchev–Trinajstić information content (AvgIpc) is 3.68. The number of unbranched alkanes of at least 4 members (excludes halogenated alkanes) is 1. The predicted molar refractivity (Wildman–Crippen MR) is 222 cm³/mol. The summed E-state index contributed by atoms with van der Waals surface area (Å²) in [6, 6.07) is 39.4. The van der Waals surface area contributed by atoms with E-state index >= 15 is 0 Å². The molecule has 1 aliphatic carbocycles. The number of pyridine rings is 1. The van der Waals surface area contributed by atoms with Crippen LogP contribution in [0.25, 0.3) is 44.6 Å². The number of nitrogens with zero attached hydrogens (tertiary/aromatic N) is 4. The van der Waals surface area contributed by atoms with E-state index in [1.807, 2.05) is 12.3 Å². The van der Waals surface area contributed by atoms with Gasteiger partial charge in [0.2, 0.25) is 0 Å². The van der Waals surface area contributed by atoms with Crippen molar-refractivity contribution in [1.82, 2.24) is 19.3 Å². The molecule has 0 bridgehead atoms. The van der Waals surface area contributed by atoms with E-state index in [9.17, 15) is 0 Å². The summed E-state index contributed by atoms with van der Waals surface area (Å²) in [4.78, 5) is 4.85. The number of hydrogen-bond donors (Lipinski definition) is 0. The van der Waals surface area contributed by atoms with E-state index in [1.54, 1.807) is 0 Å². The van der Waals surface area contributed by atoms with E-state index < -0.39 is 0 Å². The normalized spacial score (nSPS) is 17.1. The van der Waals surface area contributed by atoms with Gasteiger partial charge in [0.05, 0.1) is 11.4 Å². The molecule has 1 unspecified atom stereocenters. The summed E-state index contributed by atoms with van der Waals surface area (Å²) in [5, 5.41) is 7.57. The number of para-hydroxylation sites is 1. The first-order valence-corrected chi connectivity index (χ1v) is 19.7. The zero-order chi connectivity index (χ0) is 37.5. The summed E-state index contributed by atoms with van der Waals surface area (Å²) >= 11 is 0. The monoisotopic (exact) mass is 905 g/mol. The Morgan fingerprint density at radius 2 is 1.65 bits per heavy atom. The molecule has 55 heavy (non-hydrogen) atoms. The molecule has 4 aromatic carbocycles. The van der Waals surface area contributed by atoms with Crippen LogP contribution in [0, 0.1) is 30.9 Å². The number of fused-ring (bicyclic) bond motifs is 3. The van der Waals surface area contributed by atoms with Crippen LogP contribution in [0.1, 0.15) is 95.0 Å². The standard InChI is InChI=1S/C49H50N4O.Pt/c1-8-9-15-36-22-23-50-46(26-36)52-44-19-14-13-18-42(44)43-21-20-40(30-45(43)52)54-41-28-38(31(2)3)27-39(29-41)53-49(37-16-11-10-12-17-37)48(35(7)51-53)47-33(5)24-32(4)25-34(47)6;/h10-14,16-24,26-28,31-32,34,47H,8-9,15,25H2,1-7H3;/q-2;+2/t32-,34-,47?;/m0./s1. The van der Waals surface area contributed by atoms with Gasteiger partial charge in [0.15, 0.2) is 0 Å². The topological polar surface area (TPSA) is 44.9 Å². The number of aryl methyl sites for hydroxylation is 2. The van der Waals surface area contributed by atoms with Crippen LogP contribution in [0.5, 0.6) is 11.5 Å². The largest absolute Gasteiger partial charge is 2.00 e. The van der Waals surface area contributed by atoms with Crippen molar-refractivity contribution in [2.24, 2.45) is 11.8 Å². The second kappa shape index (κ2) is 16.2. The number of benzene rings is 4. The fourth-order valence-electron chi connectivity index (χ4n) is 8.72. The van der Waals surface area contributed by atoms with Crippen LogP contribution < -0.4 is 4.74 Å². The van der Waals surface area contributed by atoms with E-state index in [4.69, 9.17) is 14.8 Å². The number of hydrogen-bond acceptors (Lipinski definition) is 3. The third-order valence-corrected chi connectivity index (χ3v) is 11.2. The van der Waals surface area contributed by atoms with Crippen LogP contribution in [0.15, 0.2) is 109 Å². The summed E-state index contributed by atoms with van der Waals surface area (Å²) in [6.45, 7) is 15.9. The van der Waals surface area contributed by atoms with Gasteiger partial charge in [0, 0.05) is 40.3 Å². The van der Waals surface area contributed by atoms with Gasteiger partial charge < -0.3 is 9.30 Å². The molecular weight excluding hydrogens is 856 g/mol. The van der Waals surface area contributed by atoms with Gasteiger partial charge in [-0.05, 0) is 85.7 Å². The molecule has 0 N–H and O–H groups in total.